The Morgan fingerprint density at radius 2 is 2.26 bits per heavy atom. The highest BCUT2D eigenvalue weighted by atomic mass is 16.6. The Labute approximate surface area is 114 Å². The molecule has 0 N–H and O–H groups in total. The molecule has 0 aromatic heterocycles. The van der Waals surface area contributed by atoms with Crippen molar-refractivity contribution in [2.24, 2.45) is 17.3 Å². The lowest BCUT2D eigenvalue weighted by Gasteiger charge is -2.08. The van der Waals surface area contributed by atoms with Crippen LogP contribution in [0.15, 0.2) is 12.2 Å². The lowest BCUT2D eigenvalue weighted by molar-refractivity contribution is -0.159. The molecular formula is C15H22O4. The van der Waals surface area contributed by atoms with Crippen molar-refractivity contribution in [2.75, 3.05) is 13.7 Å². The van der Waals surface area contributed by atoms with Gasteiger partial charge in [0.2, 0.25) is 0 Å². The summed E-state index contributed by atoms with van der Waals surface area (Å²) in [6.45, 7) is 2.53. The van der Waals surface area contributed by atoms with E-state index in [4.69, 9.17) is 9.47 Å². The minimum Gasteiger partial charge on any atom is -0.468 e. The minimum atomic E-state index is -1.02. The van der Waals surface area contributed by atoms with Gasteiger partial charge >= 0.3 is 11.9 Å². The van der Waals surface area contributed by atoms with Crippen LogP contribution in [0.5, 0.6) is 0 Å². The second-order valence-corrected chi connectivity index (χ2v) is 5.37. The molecule has 0 aromatic carbocycles. The third kappa shape index (κ3) is 2.28. The molecule has 1 heterocycles. The van der Waals surface area contributed by atoms with Gasteiger partial charge in [-0.15, -0.1) is 0 Å². The summed E-state index contributed by atoms with van der Waals surface area (Å²) in [6.07, 6.45) is 10.0. The fraction of sp³-hybridized carbons (Fsp3) is 0.733. The largest absolute Gasteiger partial charge is 0.468 e. The first kappa shape index (κ1) is 14.1. The number of hydrogen-bond acceptors (Lipinski definition) is 4. The summed E-state index contributed by atoms with van der Waals surface area (Å²) in [6, 6.07) is 0. The molecule has 2 rings (SSSR count). The van der Waals surface area contributed by atoms with Gasteiger partial charge in [0.1, 0.15) is 0 Å². The molecule has 0 spiro atoms. The Morgan fingerprint density at radius 3 is 2.95 bits per heavy atom. The van der Waals surface area contributed by atoms with Gasteiger partial charge in [0, 0.05) is 11.8 Å². The summed E-state index contributed by atoms with van der Waals surface area (Å²) in [5.74, 6) is -0.891. The zero-order valence-electron chi connectivity index (χ0n) is 11.7. The van der Waals surface area contributed by atoms with E-state index in [1.807, 2.05) is 6.08 Å². The number of carbonyl (C=O) groups excluding carboxylic acids is 2. The molecule has 3 atom stereocenters. The molecule has 1 saturated heterocycles. The fourth-order valence-electron chi connectivity index (χ4n) is 3.05. The van der Waals surface area contributed by atoms with Crippen molar-refractivity contribution in [3.8, 4) is 0 Å². The van der Waals surface area contributed by atoms with Crippen molar-refractivity contribution in [1.82, 2.24) is 0 Å². The molecule has 106 valence electrons. The lowest BCUT2D eigenvalue weighted by atomic mass is 10.0. The SMILES string of the molecule is CCCCCC/C=C/C1C2COC(=O)C12C(=O)OC. The molecule has 0 aromatic rings. The third-order valence-electron chi connectivity index (χ3n) is 4.26. The Kier molecular flexibility index (Phi) is 4.27. The Morgan fingerprint density at radius 1 is 1.47 bits per heavy atom. The van der Waals surface area contributed by atoms with Crippen molar-refractivity contribution in [2.45, 2.75) is 39.0 Å². The van der Waals surface area contributed by atoms with Crippen LogP contribution >= 0.6 is 0 Å². The van der Waals surface area contributed by atoms with Crippen LogP contribution in [0.2, 0.25) is 0 Å². The van der Waals surface area contributed by atoms with E-state index >= 15 is 0 Å². The van der Waals surface area contributed by atoms with E-state index in [0.29, 0.717) is 6.61 Å². The van der Waals surface area contributed by atoms with E-state index in [-0.39, 0.29) is 11.8 Å². The van der Waals surface area contributed by atoms with Crippen molar-refractivity contribution in [1.29, 1.82) is 0 Å². The zero-order valence-corrected chi connectivity index (χ0v) is 11.7. The fourth-order valence-corrected chi connectivity index (χ4v) is 3.05. The molecule has 4 heteroatoms. The minimum absolute atomic E-state index is 0.0145. The van der Waals surface area contributed by atoms with Gasteiger partial charge in [-0.1, -0.05) is 38.3 Å². The van der Waals surface area contributed by atoms with Crippen molar-refractivity contribution in [3.05, 3.63) is 12.2 Å². The number of esters is 2. The molecule has 19 heavy (non-hydrogen) atoms. The van der Waals surface area contributed by atoms with Gasteiger partial charge in [0.15, 0.2) is 5.41 Å². The number of allylic oxidation sites excluding steroid dienone is 2. The van der Waals surface area contributed by atoms with Gasteiger partial charge in [0.25, 0.3) is 0 Å². The van der Waals surface area contributed by atoms with E-state index < -0.39 is 17.4 Å². The average molecular weight is 266 g/mol. The number of cyclic esters (lactones) is 1. The number of methoxy groups -OCH3 is 1. The standard InChI is InChI=1S/C15H22O4/c1-3-4-5-6-7-8-9-11-12-10-19-14(17)15(11,12)13(16)18-2/h8-9,11-12H,3-7,10H2,1-2H3/b9-8+. The maximum atomic E-state index is 11.8. The smallest absolute Gasteiger partial charge is 0.324 e. The number of carbonyl (C=O) groups is 2. The van der Waals surface area contributed by atoms with Gasteiger partial charge < -0.3 is 9.47 Å². The normalized spacial score (nSPS) is 32.2. The van der Waals surface area contributed by atoms with Crippen LogP contribution in [0.3, 0.4) is 0 Å². The van der Waals surface area contributed by atoms with Crippen LogP contribution in [0.25, 0.3) is 0 Å². The van der Waals surface area contributed by atoms with Crippen molar-refractivity contribution >= 4 is 11.9 Å². The highest BCUT2D eigenvalue weighted by molar-refractivity contribution is 6.06. The number of ether oxygens (including phenoxy) is 2. The first-order valence-corrected chi connectivity index (χ1v) is 7.11. The highest BCUT2D eigenvalue weighted by Gasteiger charge is 2.79. The van der Waals surface area contributed by atoms with Gasteiger partial charge in [-0.2, -0.15) is 0 Å². The topological polar surface area (TPSA) is 52.6 Å². The van der Waals surface area contributed by atoms with Crippen LogP contribution < -0.4 is 0 Å². The first-order valence-electron chi connectivity index (χ1n) is 7.11. The maximum Gasteiger partial charge on any atom is 0.324 e. The molecule has 0 amide bonds. The molecule has 1 aliphatic carbocycles. The van der Waals surface area contributed by atoms with Gasteiger partial charge in [-0.05, 0) is 12.8 Å². The van der Waals surface area contributed by atoms with Crippen molar-refractivity contribution < 1.29 is 19.1 Å². The summed E-state index contributed by atoms with van der Waals surface area (Å²) in [5.41, 5.74) is -1.02. The summed E-state index contributed by atoms with van der Waals surface area (Å²) in [5, 5.41) is 0. The van der Waals surface area contributed by atoms with E-state index in [2.05, 4.69) is 13.0 Å². The van der Waals surface area contributed by atoms with Crippen LogP contribution in [0, 0.1) is 17.3 Å². The second kappa shape index (κ2) is 5.76. The third-order valence-corrected chi connectivity index (χ3v) is 4.26. The molecule has 1 saturated carbocycles. The van der Waals surface area contributed by atoms with E-state index in [1.54, 1.807) is 0 Å². The zero-order chi connectivity index (χ0) is 13.9. The van der Waals surface area contributed by atoms with Gasteiger partial charge in [0.05, 0.1) is 13.7 Å². The second-order valence-electron chi connectivity index (χ2n) is 5.37. The maximum absolute atomic E-state index is 11.8. The molecular weight excluding hydrogens is 244 g/mol. The number of fused-ring (bicyclic) bond motifs is 1. The predicted molar refractivity (Wildman–Crippen MR) is 70.3 cm³/mol. The Bertz CT molecular complexity index is 388. The molecule has 4 nitrogen and oxygen atoms in total. The molecule has 2 fully saturated rings. The Hall–Kier alpha value is -1.32. The molecule has 2 aliphatic rings. The van der Waals surface area contributed by atoms with Gasteiger partial charge in [-0.25, -0.2) is 0 Å². The van der Waals surface area contributed by atoms with Crippen LogP contribution in [0.1, 0.15) is 39.0 Å². The van der Waals surface area contributed by atoms with Gasteiger partial charge in [-0.3, -0.25) is 9.59 Å². The summed E-state index contributed by atoms with van der Waals surface area (Å²) in [7, 11) is 1.32. The summed E-state index contributed by atoms with van der Waals surface area (Å²) < 4.78 is 9.72. The summed E-state index contributed by atoms with van der Waals surface area (Å²) >= 11 is 0. The van der Waals surface area contributed by atoms with Crippen LogP contribution in [-0.2, 0) is 19.1 Å². The summed E-state index contributed by atoms with van der Waals surface area (Å²) in [4.78, 5) is 23.6. The number of hydrogen-bond donors (Lipinski definition) is 0. The van der Waals surface area contributed by atoms with Crippen molar-refractivity contribution in [3.63, 3.8) is 0 Å². The lowest BCUT2D eigenvalue weighted by Crippen LogP contribution is -2.28. The molecule has 0 radical (unpaired) electrons. The first-order chi connectivity index (χ1) is 9.19. The number of unbranched alkanes of at least 4 members (excludes halogenated alkanes) is 4. The molecule has 0 bridgehead atoms. The monoisotopic (exact) mass is 266 g/mol. The Balaban J connectivity index is 1.87. The van der Waals surface area contributed by atoms with E-state index in [0.717, 1.165) is 12.8 Å². The van der Waals surface area contributed by atoms with E-state index in [9.17, 15) is 9.59 Å². The molecule has 1 aliphatic heterocycles. The van der Waals surface area contributed by atoms with Crippen LogP contribution in [-0.4, -0.2) is 25.7 Å². The predicted octanol–water partition coefficient (Wildman–Crippen LogP) is 2.48. The highest BCUT2D eigenvalue weighted by Crippen LogP contribution is 2.64. The average Bonchev–Trinajstić information content (AvgIpc) is 2.94. The number of rotatable bonds is 7. The quantitative estimate of drug-likeness (QED) is 0.307. The van der Waals surface area contributed by atoms with Crippen LogP contribution in [0.4, 0.5) is 0 Å². The van der Waals surface area contributed by atoms with E-state index in [1.165, 1.54) is 26.4 Å². The molecule has 3 unspecified atom stereocenters.